The summed E-state index contributed by atoms with van der Waals surface area (Å²) in [6.07, 6.45) is 0. The van der Waals surface area contributed by atoms with Crippen molar-refractivity contribution in [2.24, 2.45) is 0 Å². The van der Waals surface area contributed by atoms with Gasteiger partial charge in [0.1, 0.15) is 0 Å². The van der Waals surface area contributed by atoms with E-state index in [-0.39, 0.29) is 23.6 Å². The molecule has 3 rings (SSSR count). The fourth-order valence-corrected chi connectivity index (χ4v) is 2.38. The van der Waals surface area contributed by atoms with Gasteiger partial charge in [-0.15, -0.1) is 0 Å². The monoisotopic (exact) mass is 302 g/mol. The molecule has 21 heavy (non-hydrogen) atoms. The average molecular weight is 303 g/mol. The fraction of sp³-hybridized carbons (Fsp3) is 0.133. The van der Waals surface area contributed by atoms with E-state index in [0.29, 0.717) is 10.6 Å². The van der Waals surface area contributed by atoms with Crippen LogP contribution in [0.3, 0.4) is 0 Å². The maximum absolute atomic E-state index is 12.3. The van der Waals surface area contributed by atoms with Gasteiger partial charge in [0.2, 0.25) is 0 Å². The number of Topliss-reactive ketones (excluding diaryl/α,β-unsaturated/α-hetero) is 1. The molecular formula is C15H11ClN2O3. The molecule has 0 bridgehead atoms. The number of nitrogens with zero attached hydrogens (tertiary/aromatic N) is 1. The second-order valence-electron chi connectivity index (χ2n) is 4.84. The molecule has 1 saturated heterocycles. The number of hydrogen-bond donors (Lipinski definition) is 1. The molecule has 0 aromatic heterocycles. The number of ketones is 1. The van der Waals surface area contributed by atoms with Gasteiger partial charge in [0.05, 0.1) is 17.0 Å². The molecule has 0 amide bonds. The van der Waals surface area contributed by atoms with Crippen molar-refractivity contribution < 1.29 is 9.72 Å². The Morgan fingerprint density at radius 3 is 2.29 bits per heavy atom. The van der Waals surface area contributed by atoms with E-state index in [1.54, 1.807) is 36.4 Å². The average Bonchev–Trinajstić information content (AvgIpc) is 3.28. The van der Waals surface area contributed by atoms with Gasteiger partial charge in [-0.1, -0.05) is 23.7 Å². The molecule has 6 heteroatoms. The van der Waals surface area contributed by atoms with E-state index in [9.17, 15) is 14.9 Å². The first-order valence-electron chi connectivity index (χ1n) is 6.36. The molecule has 2 aromatic carbocycles. The van der Waals surface area contributed by atoms with Crippen molar-refractivity contribution in [3.8, 4) is 0 Å². The Kier molecular flexibility index (Phi) is 3.45. The summed E-state index contributed by atoms with van der Waals surface area (Å²) >= 11 is 5.79. The summed E-state index contributed by atoms with van der Waals surface area (Å²) < 4.78 is 0. The molecular weight excluding hydrogens is 292 g/mol. The van der Waals surface area contributed by atoms with Gasteiger partial charge >= 0.3 is 0 Å². The molecule has 1 aliphatic heterocycles. The molecule has 0 spiro atoms. The number of halogens is 1. The predicted octanol–water partition coefficient (Wildman–Crippen LogP) is 3.14. The predicted molar refractivity (Wildman–Crippen MR) is 78.5 cm³/mol. The van der Waals surface area contributed by atoms with Crippen LogP contribution >= 0.6 is 11.6 Å². The topological polar surface area (TPSA) is 82.2 Å². The van der Waals surface area contributed by atoms with Gasteiger partial charge in [-0.3, -0.25) is 20.2 Å². The lowest BCUT2D eigenvalue weighted by Gasteiger charge is -2.00. The molecule has 1 fully saturated rings. The Hall–Kier alpha value is -2.24. The summed E-state index contributed by atoms with van der Waals surface area (Å²) in [5.41, 5.74) is 1.51. The van der Waals surface area contributed by atoms with Crippen LogP contribution in [0.1, 0.15) is 22.0 Å². The van der Waals surface area contributed by atoms with Gasteiger partial charge in [-0.05, 0) is 29.8 Å². The summed E-state index contributed by atoms with van der Waals surface area (Å²) in [5.74, 6) is -0.00461. The van der Waals surface area contributed by atoms with Crippen molar-refractivity contribution in [1.29, 1.82) is 0 Å². The van der Waals surface area contributed by atoms with E-state index >= 15 is 0 Å². The molecule has 0 saturated carbocycles. The highest BCUT2D eigenvalue weighted by molar-refractivity contribution is 6.30. The number of nitro groups is 1. The van der Waals surface area contributed by atoms with Gasteiger partial charge in [-0.25, -0.2) is 0 Å². The highest BCUT2D eigenvalue weighted by Crippen LogP contribution is 2.33. The first-order chi connectivity index (χ1) is 10.1. The third-order valence-electron chi connectivity index (χ3n) is 3.46. The zero-order valence-electron chi connectivity index (χ0n) is 10.8. The number of rotatable bonds is 4. The normalized spacial score (nSPS) is 20.0. The fourth-order valence-electron chi connectivity index (χ4n) is 2.25. The summed E-state index contributed by atoms with van der Waals surface area (Å²) in [6.45, 7) is 0. The number of carbonyl (C=O) groups is 1. The molecule has 0 unspecified atom stereocenters. The Balaban J connectivity index is 1.72. The molecule has 0 aliphatic carbocycles. The van der Waals surface area contributed by atoms with Crippen molar-refractivity contribution >= 4 is 23.1 Å². The van der Waals surface area contributed by atoms with Crippen molar-refractivity contribution in [2.45, 2.75) is 12.1 Å². The van der Waals surface area contributed by atoms with Gasteiger partial charge < -0.3 is 0 Å². The molecule has 0 radical (unpaired) electrons. The molecule has 5 nitrogen and oxygen atoms in total. The second-order valence-corrected chi connectivity index (χ2v) is 5.28. The zero-order chi connectivity index (χ0) is 15.0. The Bertz CT molecular complexity index is 698. The summed E-state index contributed by atoms with van der Waals surface area (Å²) in [7, 11) is 0. The van der Waals surface area contributed by atoms with E-state index in [4.69, 9.17) is 11.6 Å². The molecule has 2 aromatic rings. The Labute approximate surface area is 125 Å². The smallest absolute Gasteiger partial charge is 0.269 e. The van der Waals surface area contributed by atoms with Gasteiger partial charge in [0, 0.05) is 22.7 Å². The third-order valence-corrected chi connectivity index (χ3v) is 3.71. The molecule has 1 N–H and O–H groups in total. The van der Waals surface area contributed by atoms with Crippen LogP contribution in [0.5, 0.6) is 0 Å². The summed E-state index contributed by atoms with van der Waals surface area (Å²) in [4.78, 5) is 22.4. The van der Waals surface area contributed by atoms with Gasteiger partial charge in [0.15, 0.2) is 5.78 Å². The summed E-state index contributed by atoms with van der Waals surface area (Å²) in [6, 6.07) is 12.6. The van der Waals surface area contributed by atoms with Crippen LogP contribution in [0.25, 0.3) is 0 Å². The van der Waals surface area contributed by atoms with Crippen LogP contribution in [0.2, 0.25) is 5.02 Å². The van der Waals surface area contributed by atoms with Crippen molar-refractivity contribution in [2.75, 3.05) is 0 Å². The minimum atomic E-state index is -0.444. The first-order valence-corrected chi connectivity index (χ1v) is 6.74. The highest BCUT2D eigenvalue weighted by Gasteiger charge is 2.43. The van der Waals surface area contributed by atoms with E-state index in [1.807, 2.05) is 0 Å². The van der Waals surface area contributed by atoms with E-state index in [1.165, 1.54) is 12.1 Å². The van der Waals surface area contributed by atoms with Crippen LogP contribution < -0.4 is 5.32 Å². The maximum Gasteiger partial charge on any atom is 0.269 e. The third kappa shape index (κ3) is 2.79. The number of nitro benzene ring substituents is 1. The van der Waals surface area contributed by atoms with Crippen LogP contribution in [0.4, 0.5) is 5.69 Å². The number of nitrogens with one attached hydrogen (secondary N) is 1. The quantitative estimate of drug-likeness (QED) is 0.407. The largest absolute Gasteiger partial charge is 0.297 e. The Morgan fingerprint density at radius 1 is 1.10 bits per heavy atom. The minimum Gasteiger partial charge on any atom is -0.297 e. The van der Waals surface area contributed by atoms with E-state index in [2.05, 4.69) is 5.32 Å². The van der Waals surface area contributed by atoms with Crippen molar-refractivity contribution in [1.82, 2.24) is 5.32 Å². The number of carbonyl (C=O) groups excluding carboxylic acids is 1. The van der Waals surface area contributed by atoms with Crippen molar-refractivity contribution in [3.05, 3.63) is 74.8 Å². The zero-order valence-corrected chi connectivity index (χ0v) is 11.6. The van der Waals surface area contributed by atoms with E-state index < -0.39 is 4.92 Å². The van der Waals surface area contributed by atoms with Crippen LogP contribution in [0.15, 0.2) is 48.5 Å². The first kappa shape index (κ1) is 13.7. The van der Waals surface area contributed by atoms with Gasteiger partial charge in [-0.2, -0.15) is 0 Å². The van der Waals surface area contributed by atoms with Crippen LogP contribution in [-0.2, 0) is 0 Å². The number of hydrogen-bond acceptors (Lipinski definition) is 4. The standard InChI is InChI=1S/C15H11ClN2O3/c16-11-5-1-10(2-6-11)15(19)14-13(17-14)9-3-7-12(8-4-9)18(20)21/h1-8,13-14,17H/t13-,14+/m0/s1. The number of non-ortho nitro benzene ring substituents is 1. The molecule has 106 valence electrons. The van der Waals surface area contributed by atoms with Crippen LogP contribution in [0, 0.1) is 10.1 Å². The lowest BCUT2D eigenvalue weighted by atomic mass is 10.0. The second kappa shape index (κ2) is 5.27. The highest BCUT2D eigenvalue weighted by atomic mass is 35.5. The lowest BCUT2D eigenvalue weighted by molar-refractivity contribution is -0.384. The maximum atomic E-state index is 12.3. The molecule has 1 aliphatic rings. The molecule has 1 heterocycles. The molecule has 2 atom stereocenters. The number of benzene rings is 2. The van der Waals surface area contributed by atoms with Crippen LogP contribution in [-0.4, -0.2) is 16.7 Å². The lowest BCUT2D eigenvalue weighted by Crippen LogP contribution is -2.10. The van der Waals surface area contributed by atoms with E-state index in [0.717, 1.165) is 5.56 Å². The van der Waals surface area contributed by atoms with Crippen molar-refractivity contribution in [3.63, 3.8) is 0 Å². The Morgan fingerprint density at radius 2 is 1.71 bits per heavy atom. The minimum absolute atomic E-state index is 0.00461. The summed E-state index contributed by atoms with van der Waals surface area (Å²) in [5, 5.41) is 14.3. The van der Waals surface area contributed by atoms with Gasteiger partial charge in [0.25, 0.3) is 5.69 Å². The SMILES string of the molecule is O=C(c1ccc(Cl)cc1)[C@@H]1N[C@H]1c1ccc([N+](=O)[O-])cc1.